The lowest BCUT2D eigenvalue weighted by atomic mass is 10.1. The summed E-state index contributed by atoms with van der Waals surface area (Å²) in [6.07, 6.45) is 8.62. The molecular formula is C17H27N4O2+. The lowest BCUT2D eigenvalue weighted by molar-refractivity contribution is -0.911. The normalized spacial score (nSPS) is 24.7. The molecule has 2 aliphatic rings. The van der Waals surface area contributed by atoms with Crippen molar-refractivity contribution in [3.05, 3.63) is 24.0 Å². The number of likely N-dealkylation sites (tertiary alicyclic amines) is 1. The molecule has 1 aliphatic heterocycles. The Kier molecular flexibility index (Phi) is 5.00. The first kappa shape index (κ1) is 16.1. The molecule has 3 amide bonds. The number of urea groups is 1. The summed E-state index contributed by atoms with van der Waals surface area (Å²) in [5.41, 5.74) is 1.26. The number of amides is 3. The minimum Gasteiger partial charge on any atom is -0.350 e. The molecule has 2 atom stereocenters. The van der Waals surface area contributed by atoms with Crippen molar-refractivity contribution in [1.82, 2.24) is 15.2 Å². The first-order chi connectivity index (χ1) is 11.1. The molecule has 0 aromatic carbocycles. The maximum absolute atomic E-state index is 12.2. The number of nitrogens with one attached hydrogen (secondary N) is 3. The van der Waals surface area contributed by atoms with Crippen molar-refractivity contribution >= 4 is 11.9 Å². The molecule has 0 radical (unpaired) electrons. The van der Waals surface area contributed by atoms with Crippen LogP contribution in [0.25, 0.3) is 0 Å². The number of imide groups is 1. The average Bonchev–Trinajstić information content (AvgIpc) is 3.21. The van der Waals surface area contributed by atoms with Crippen LogP contribution in [-0.4, -0.2) is 35.6 Å². The highest BCUT2D eigenvalue weighted by atomic mass is 16.2. The second-order valence-corrected chi connectivity index (χ2v) is 6.83. The third kappa shape index (κ3) is 3.93. The van der Waals surface area contributed by atoms with Gasteiger partial charge in [0.2, 0.25) is 0 Å². The van der Waals surface area contributed by atoms with Gasteiger partial charge in [0, 0.05) is 32.1 Å². The summed E-state index contributed by atoms with van der Waals surface area (Å²) in [6, 6.07) is 4.41. The third-order valence-corrected chi connectivity index (χ3v) is 5.16. The monoisotopic (exact) mass is 319 g/mol. The Bertz CT molecular complexity index is 563. The van der Waals surface area contributed by atoms with Gasteiger partial charge in [-0.1, -0.05) is 12.8 Å². The smallest absolute Gasteiger partial charge is 0.321 e. The molecule has 1 aromatic rings. The minimum atomic E-state index is -0.337. The van der Waals surface area contributed by atoms with Crippen LogP contribution >= 0.6 is 0 Å². The predicted molar refractivity (Wildman–Crippen MR) is 87.0 cm³/mol. The molecular weight excluding hydrogens is 292 g/mol. The van der Waals surface area contributed by atoms with E-state index >= 15 is 0 Å². The number of aromatic nitrogens is 1. The van der Waals surface area contributed by atoms with E-state index in [9.17, 15) is 9.59 Å². The fraction of sp³-hybridized carbons (Fsp3) is 0.647. The maximum Gasteiger partial charge on any atom is 0.321 e. The Morgan fingerprint density at radius 2 is 2.04 bits per heavy atom. The number of carbonyl (C=O) groups excluding carboxylic acids is 2. The van der Waals surface area contributed by atoms with Crippen LogP contribution in [0.3, 0.4) is 0 Å². The number of nitrogens with zero attached hydrogens (tertiary/aromatic N) is 1. The maximum atomic E-state index is 12.2. The average molecular weight is 319 g/mol. The number of rotatable bonds is 4. The molecule has 0 spiro atoms. The number of carbonyl (C=O) groups is 2. The molecule has 0 bridgehead atoms. The van der Waals surface area contributed by atoms with Crippen LogP contribution in [0.2, 0.25) is 0 Å². The minimum absolute atomic E-state index is 0.184. The summed E-state index contributed by atoms with van der Waals surface area (Å²) in [4.78, 5) is 25.3. The van der Waals surface area contributed by atoms with Gasteiger partial charge in [0.05, 0.1) is 12.2 Å². The number of hydrogen-bond donors (Lipinski definition) is 3. The van der Waals surface area contributed by atoms with Crippen LogP contribution in [0, 0.1) is 0 Å². The molecule has 1 aromatic heterocycles. The summed E-state index contributed by atoms with van der Waals surface area (Å²) < 4.78 is 2.13. The van der Waals surface area contributed by atoms with Gasteiger partial charge in [-0.2, -0.15) is 0 Å². The highest BCUT2D eigenvalue weighted by molar-refractivity contribution is 5.94. The zero-order chi connectivity index (χ0) is 16.2. The van der Waals surface area contributed by atoms with Crippen molar-refractivity contribution < 1.29 is 14.5 Å². The topological polar surface area (TPSA) is 67.6 Å². The predicted octanol–water partition coefficient (Wildman–Crippen LogP) is 0.513. The summed E-state index contributed by atoms with van der Waals surface area (Å²) >= 11 is 0. The van der Waals surface area contributed by atoms with Gasteiger partial charge in [0.25, 0.3) is 5.91 Å². The Balaban J connectivity index is 1.50. The van der Waals surface area contributed by atoms with Crippen molar-refractivity contribution in [1.29, 1.82) is 0 Å². The molecule has 23 heavy (non-hydrogen) atoms. The van der Waals surface area contributed by atoms with Gasteiger partial charge in [0.15, 0.2) is 6.54 Å². The zero-order valence-corrected chi connectivity index (χ0v) is 13.8. The van der Waals surface area contributed by atoms with Crippen LogP contribution < -0.4 is 15.5 Å². The highest BCUT2D eigenvalue weighted by Crippen LogP contribution is 2.19. The summed E-state index contributed by atoms with van der Waals surface area (Å²) in [6.45, 7) is 1.33. The number of quaternary nitrogens is 1. The molecule has 6 heteroatoms. The number of hydrogen-bond acceptors (Lipinski definition) is 2. The van der Waals surface area contributed by atoms with E-state index in [0.717, 1.165) is 45.1 Å². The Hall–Kier alpha value is -1.82. The molecule has 1 unspecified atom stereocenters. The SMILES string of the molecule is Cn1cccc1[C@H]1CCC[NH+]1CC(=O)NC(=O)NC1CCCC1. The van der Waals surface area contributed by atoms with E-state index in [0.29, 0.717) is 12.6 Å². The Labute approximate surface area is 137 Å². The van der Waals surface area contributed by atoms with E-state index in [4.69, 9.17) is 0 Å². The van der Waals surface area contributed by atoms with Crippen LogP contribution in [0.4, 0.5) is 4.79 Å². The summed E-state index contributed by atoms with van der Waals surface area (Å²) in [5.74, 6) is -0.184. The van der Waals surface area contributed by atoms with E-state index in [1.165, 1.54) is 10.6 Å². The van der Waals surface area contributed by atoms with Crippen LogP contribution in [0.15, 0.2) is 18.3 Å². The largest absolute Gasteiger partial charge is 0.350 e. The fourth-order valence-corrected chi connectivity index (χ4v) is 3.99. The standard InChI is InChI=1S/C17H26N4O2/c1-20-10-4-8-14(20)15-9-5-11-21(15)12-16(22)19-17(23)18-13-6-2-3-7-13/h4,8,10,13,15H,2-3,5-7,9,11-12H2,1H3,(H2,18,19,22,23)/p+1/t15-/m1/s1. The van der Waals surface area contributed by atoms with Crippen LogP contribution in [-0.2, 0) is 11.8 Å². The summed E-state index contributed by atoms with van der Waals surface area (Å²) in [7, 11) is 2.04. The van der Waals surface area contributed by atoms with Gasteiger partial charge >= 0.3 is 6.03 Å². The van der Waals surface area contributed by atoms with Gasteiger partial charge in [-0.3, -0.25) is 10.1 Å². The van der Waals surface area contributed by atoms with E-state index in [1.54, 1.807) is 0 Å². The molecule has 1 saturated carbocycles. The van der Waals surface area contributed by atoms with E-state index in [1.807, 2.05) is 19.3 Å². The third-order valence-electron chi connectivity index (χ3n) is 5.16. The molecule has 6 nitrogen and oxygen atoms in total. The fourth-order valence-electron chi connectivity index (χ4n) is 3.99. The molecule has 3 N–H and O–H groups in total. The van der Waals surface area contributed by atoms with Crippen molar-refractivity contribution in [3.63, 3.8) is 0 Å². The first-order valence-electron chi connectivity index (χ1n) is 8.69. The lowest BCUT2D eigenvalue weighted by Gasteiger charge is -2.21. The van der Waals surface area contributed by atoms with Gasteiger partial charge in [0.1, 0.15) is 6.04 Å². The molecule has 126 valence electrons. The van der Waals surface area contributed by atoms with Crippen molar-refractivity contribution in [3.8, 4) is 0 Å². The molecule has 3 rings (SSSR count). The van der Waals surface area contributed by atoms with Crippen molar-refractivity contribution in [2.45, 2.75) is 50.6 Å². The molecule has 1 saturated heterocycles. The van der Waals surface area contributed by atoms with Crippen molar-refractivity contribution in [2.24, 2.45) is 7.05 Å². The second kappa shape index (κ2) is 7.17. The Morgan fingerprint density at radius 1 is 1.26 bits per heavy atom. The van der Waals surface area contributed by atoms with Gasteiger partial charge in [-0.25, -0.2) is 4.79 Å². The summed E-state index contributed by atoms with van der Waals surface area (Å²) in [5, 5.41) is 5.40. The quantitative estimate of drug-likeness (QED) is 0.757. The van der Waals surface area contributed by atoms with E-state index in [-0.39, 0.29) is 18.0 Å². The number of aryl methyl sites for hydroxylation is 1. The van der Waals surface area contributed by atoms with E-state index < -0.39 is 0 Å². The van der Waals surface area contributed by atoms with Gasteiger partial charge < -0.3 is 14.8 Å². The zero-order valence-electron chi connectivity index (χ0n) is 13.8. The Morgan fingerprint density at radius 3 is 2.74 bits per heavy atom. The van der Waals surface area contributed by atoms with Crippen LogP contribution in [0.1, 0.15) is 50.3 Å². The van der Waals surface area contributed by atoms with Crippen LogP contribution in [0.5, 0.6) is 0 Å². The highest BCUT2D eigenvalue weighted by Gasteiger charge is 2.33. The van der Waals surface area contributed by atoms with Crippen molar-refractivity contribution in [2.75, 3.05) is 13.1 Å². The first-order valence-corrected chi connectivity index (χ1v) is 8.69. The second-order valence-electron chi connectivity index (χ2n) is 6.83. The van der Waals surface area contributed by atoms with Gasteiger partial charge in [-0.15, -0.1) is 0 Å². The van der Waals surface area contributed by atoms with E-state index in [2.05, 4.69) is 21.3 Å². The lowest BCUT2D eigenvalue weighted by Crippen LogP contribution is -3.11. The molecule has 2 fully saturated rings. The molecule has 1 aliphatic carbocycles. The van der Waals surface area contributed by atoms with Gasteiger partial charge in [-0.05, 0) is 25.0 Å². The molecule has 2 heterocycles.